The number of hydrogen-bond donors (Lipinski definition) is 1. The molecule has 1 aliphatic rings. The maximum atomic E-state index is 10.6. The zero-order valence-corrected chi connectivity index (χ0v) is 12.3. The van der Waals surface area contributed by atoms with Crippen LogP contribution in [0.25, 0.3) is 0 Å². The maximum Gasteiger partial charge on any atom is 0.107 e. The van der Waals surface area contributed by atoms with Crippen molar-refractivity contribution in [1.29, 1.82) is 0 Å². The lowest BCUT2D eigenvalue weighted by Gasteiger charge is -2.33. The second-order valence-corrected chi connectivity index (χ2v) is 5.69. The molecule has 2 atom stereocenters. The summed E-state index contributed by atoms with van der Waals surface area (Å²) in [7, 11) is 0. The fourth-order valence-electron chi connectivity index (χ4n) is 3.03. The molecule has 0 aliphatic heterocycles. The fourth-order valence-corrected chi connectivity index (χ4v) is 3.28. The average Bonchev–Trinajstić information content (AvgIpc) is 2.45. The van der Waals surface area contributed by atoms with E-state index in [0.717, 1.165) is 18.4 Å². The Morgan fingerprint density at radius 3 is 2.58 bits per heavy atom. The van der Waals surface area contributed by atoms with Crippen molar-refractivity contribution in [3.8, 4) is 0 Å². The Morgan fingerprint density at radius 1 is 1.26 bits per heavy atom. The van der Waals surface area contributed by atoms with Crippen LogP contribution < -0.4 is 0 Å². The Morgan fingerprint density at radius 2 is 1.95 bits per heavy atom. The third-order valence-electron chi connectivity index (χ3n) is 4.01. The van der Waals surface area contributed by atoms with E-state index in [0.29, 0.717) is 17.5 Å². The van der Waals surface area contributed by atoms with Gasteiger partial charge in [-0.15, -0.1) is 0 Å². The summed E-state index contributed by atoms with van der Waals surface area (Å²) in [5, 5.41) is 11.3. The normalized spacial score (nSPS) is 20.2. The molecule has 0 spiro atoms. The molecule has 1 fully saturated rings. The summed E-state index contributed by atoms with van der Waals surface area (Å²) in [6.07, 6.45) is 5.31. The smallest absolute Gasteiger partial charge is 0.107 e. The summed E-state index contributed by atoms with van der Waals surface area (Å²) >= 11 is 6.19. The van der Waals surface area contributed by atoms with Gasteiger partial charge in [-0.25, -0.2) is 0 Å². The summed E-state index contributed by atoms with van der Waals surface area (Å²) in [4.78, 5) is 0. The van der Waals surface area contributed by atoms with Crippen molar-refractivity contribution in [3.63, 3.8) is 0 Å². The standard InChI is InChI=1S/C16H23ClO2/c1-2-19-16(12-8-4-3-5-9-12)15(18)13-10-6-7-11-14(13)17/h6-7,10-12,15-16,18H,2-5,8-9H2,1H3. The van der Waals surface area contributed by atoms with Crippen LogP contribution in [0.3, 0.4) is 0 Å². The second kappa shape index (κ2) is 7.28. The highest BCUT2D eigenvalue weighted by Gasteiger charge is 2.31. The minimum atomic E-state index is -0.628. The van der Waals surface area contributed by atoms with E-state index in [1.165, 1.54) is 19.3 Å². The van der Waals surface area contributed by atoms with Crippen LogP contribution in [-0.4, -0.2) is 17.8 Å². The molecule has 0 heterocycles. The van der Waals surface area contributed by atoms with Crippen molar-refractivity contribution >= 4 is 11.6 Å². The van der Waals surface area contributed by atoms with Crippen molar-refractivity contribution in [2.75, 3.05) is 6.61 Å². The Hall–Kier alpha value is -0.570. The highest BCUT2D eigenvalue weighted by atomic mass is 35.5. The van der Waals surface area contributed by atoms with Gasteiger partial charge in [-0.05, 0) is 31.7 Å². The molecule has 2 rings (SSSR count). The van der Waals surface area contributed by atoms with Gasteiger partial charge >= 0.3 is 0 Å². The van der Waals surface area contributed by atoms with Crippen LogP contribution in [0.4, 0.5) is 0 Å². The summed E-state index contributed by atoms with van der Waals surface area (Å²) in [5.74, 6) is 0.444. The van der Waals surface area contributed by atoms with Crippen LogP contribution >= 0.6 is 11.6 Å². The van der Waals surface area contributed by atoms with Gasteiger partial charge < -0.3 is 9.84 Å². The molecule has 0 bridgehead atoms. The molecule has 0 radical (unpaired) electrons. The first-order chi connectivity index (χ1) is 9.24. The molecule has 106 valence electrons. The molecule has 1 N–H and O–H groups in total. The van der Waals surface area contributed by atoms with Gasteiger partial charge in [-0.2, -0.15) is 0 Å². The van der Waals surface area contributed by atoms with Crippen molar-refractivity contribution < 1.29 is 9.84 Å². The van der Waals surface area contributed by atoms with E-state index in [4.69, 9.17) is 16.3 Å². The molecule has 1 saturated carbocycles. The molecule has 1 aromatic carbocycles. The lowest BCUT2D eigenvalue weighted by molar-refractivity contribution is -0.0738. The van der Waals surface area contributed by atoms with Crippen LogP contribution in [0.2, 0.25) is 5.02 Å². The van der Waals surface area contributed by atoms with Crippen molar-refractivity contribution in [2.45, 2.75) is 51.2 Å². The average molecular weight is 283 g/mol. The SMILES string of the molecule is CCOC(C1CCCCC1)C(O)c1ccccc1Cl. The van der Waals surface area contributed by atoms with Gasteiger partial charge in [0.25, 0.3) is 0 Å². The quantitative estimate of drug-likeness (QED) is 0.869. The second-order valence-electron chi connectivity index (χ2n) is 5.28. The van der Waals surface area contributed by atoms with E-state index in [-0.39, 0.29) is 6.10 Å². The Bertz CT molecular complexity index is 388. The summed E-state index contributed by atoms with van der Waals surface area (Å²) in [6, 6.07) is 7.51. The van der Waals surface area contributed by atoms with Gasteiger partial charge in [-0.3, -0.25) is 0 Å². The number of ether oxygens (including phenoxy) is 1. The van der Waals surface area contributed by atoms with Crippen molar-refractivity contribution in [1.82, 2.24) is 0 Å². The molecule has 1 aliphatic carbocycles. The minimum absolute atomic E-state index is 0.134. The third-order valence-corrected chi connectivity index (χ3v) is 4.35. The Kier molecular flexibility index (Phi) is 5.68. The van der Waals surface area contributed by atoms with Gasteiger partial charge in [0.15, 0.2) is 0 Å². The molecule has 2 unspecified atom stereocenters. The van der Waals surface area contributed by atoms with Crippen LogP contribution in [-0.2, 0) is 4.74 Å². The van der Waals surface area contributed by atoms with Gasteiger partial charge in [0.05, 0.1) is 6.10 Å². The lowest BCUT2D eigenvalue weighted by Crippen LogP contribution is -2.32. The number of halogens is 1. The largest absolute Gasteiger partial charge is 0.386 e. The topological polar surface area (TPSA) is 29.5 Å². The third kappa shape index (κ3) is 3.71. The van der Waals surface area contributed by atoms with E-state index in [9.17, 15) is 5.11 Å². The predicted octanol–water partition coefficient (Wildman–Crippen LogP) is 4.36. The monoisotopic (exact) mass is 282 g/mol. The Balaban J connectivity index is 2.15. The molecule has 0 amide bonds. The van der Waals surface area contributed by atoms with Crippen LogP contribution in [0.15, 0.2) is 24.3 Å². The zero-order chi connectivity index (χ0) is 13.7. The molecule has 1 aromatic rings. The number of benzene rings is 1. The molecule has 0 aromatic heterocycles. The molecule has 2 nitrogen and oxygen atoms in total. The first kappa shape index (κ1) is 14.8. The zero-order valence-electron chi connectivity index (χ0n) is 11.5. The molecule has 3 heteroatoms. The first-order valence-electron chi connectivity index (χ1n) is 7.28. The fraction of sp³-hybridized carbons (Fsp3) is 0.625. The van der Waals surface area contributed by atoms with Crippen LogP contribution in [0, 0.1) is 5.92 Å². The predicted molar refractivity (Wildman–Crippen MR) is 78.4 cm³/mol. The van der Waals surface area contributed by atoms with E-state index < -0.39 is 6.10 Å². The minimum Gasteiger partial charge on any atom is -0.386 e. The van der Waals surface area contributed by atoms with Crippen LogP contribution in [0.5, 0.6) is 0 Å². The molecular weight excluding hydrogens is 260 g/mol. The number of hydrogen-bond acceptors (Lipinski definition) is 2. The van der Waals surface area contributed by atoms with E-state index in [2.05, 4.69) is 0 Å². The highest BCUT2D eigenvalue weighted by Crippen LogP contribution is 2.36. The summed E-state index contributed by atoms with van der Waals surface area (Å²) in [5.41, 5.74) is 0.785. The van der Waals surface area contributed by atoms with E-state index in [1.54, 1.807) is 0 Å². The highest BCUT2D eigenvalue weighted by molar-refractivity contribution is 6.31. The van der Waals surface area contributed by atoms with E-state index >= 15 is 0 Å². The van der Waals surface area contributed by atoms with Gasteiger partial charge in [0.1, 0.15) is 6.10 Å². The molecular formula is C16H23ClO2. The Labute approximate surface area is 120 Å². The van der Waals surface area contributed by atoms with Gasteiger partial charge in [-0.1, -0.05) is 49.1 Å². The summed E-state index contributed by atoms with van der Waals surface area (Å²) < 4.78 is 5.84. The number of aliphatic hydroxyl groups is 1. The summed E-state index contributed by atoms with van der Waals surface area (Å²) in [6.45, 7) is 2.61. The maximum absolute atomic E-state index is 10.6. The van der Waals surface area contributed by atoms with Gasteiger partial charge in [0.2, 0.25) is 0 Å². The first-order valence-corrected chi connectivity index (χ1v) is 7.66. The van der Waals surface area contributed by atoms with Crippen molar-refractivity contribution in [3.05, 3.63) is 34.9 Å². The lowest BCUT2D eigenvalue weighted by atomic mass is 9.82. The molecule has 19 heavy (non-hydrogen) atoms. The van der Waals surface area contributed by atoms with E-state index in [1.807, 2.05) is 31.2 Å². The number of aliphatic hydroxyl groups excluding tert-OH is 1. The van der Waals surface area contributed by atoms with Crippen molar-refractivity contribution in [2.24, 2.45) is 5.92 Å². The molecule has 0 saturated heterocycles. The number of rotatable bonds is 5. The van der Waals surface area contributed by atoms with Gasteiger partial charge in [0, 0.05) is 17.2 Å². The van der Waals surface area contributed by atoms with Crippen LogP contribution in [0.1, 0.15) is 50.7 Å².